The number of carbonyl (C=O) groups excluding carboxylic acids is 2. The number of nitrogens with two attached hydrogens (primary N) is 1. The maximum Gasteiger partial charge on any atom is 0.359 e. The molecule has 1 amide bonds. The maximum absolute atomic E-state index is 13.6. The fraction of sp³-hybridized carbons (Fsp3) is 0.130. The summed E-state index contributed by atoms with van der Waals surface area (Å²) in [6.07, 6.45) is 0. The Hall–Kier alpha value is -4.58. The second-order valence-electron chi connectivity index (χ2n) is 7.20. The van der Waals surface area contributed by atoms with Crippen LogP contribution in [0.4, 0.5) is 5.69 Å². The molecule has 3 N–H and O–H groups in total. The molecule has 9 heteroatoms. The third-order valence-electron chi connectivity index (χ3n) is 5.55. The number of hydrogen-bond acceptors (Lipinski definition) is 7. The second-order valence-corrected chi connectivity index (χ2v) is 7.20. The van der Waals surface area contributed by atoms with Crippen molar-refractivity contribution in [2.75, 3.05) is 11.9 Å². The number of amides is 1. The standard InChI is InChI=1S/C23H17N5O4/c1-2-31-21(29)18-17-20(28(27-18)13-8-4-3-5-9-13)32-19(25)15(12-24)23(17)14-10-6-7-11-16(14)26-22(23)30/h3-11H,2,25H2,1H3,(H,26,30). The SMILES string of the molecule is CCOC(=O)c1nn(-c2ccccc2)c2c1C1(C(=O)Nc3ccccc31)C(C#N)=C(N)O2. The van der Waals surface area contributed by atoms with Crippen LogP contribution in [0.1, 0.15) is 28.5 Å². The van der Waals surface area contributed by atoms with Crippen molar-refractivity contribution in [1.82, 2.24) is 9.78 Å². The highest BCUT2D eigenvalue weighted by Gasteiger charge is 2.60. The molecule has 2 aromatic carbocycles. The molecule has 2 aliphatic rings. The molecule has 3 aromatic rings. The number of nitrogens with one attached hydrogen (secondary N) is 1. The lowest BCUT2D eigenvalue weighted by atomic mass is 9.69. The number of rotatable bonds is 3. The number of fused-ring (bicyclic) bond motifs is 4. The molecule has 1 atom stereocenters. The second kappa shape index (κ2) is 6.99. The van der Waals surface area contributed by atoms with Gasteiger partial charge in [0.05, 0.1) is 17.9 Å². The minimum Gasteiger partial charge on any atom is -0.461 e. The highest BCUT2D eigenvalue weighted by atomic mass is 16.5. The van der Waals surface area contributed by atoms with Crippen LogP contribution in [0.15, 0.2) is 66.1 Å². The molecule has 0 radical (unpaired) electrons. The number of para-hydroxylation sites is 2. The number of esters is 1. The number of nitriles is 1. The van der Waals surface area contributed by atoms with Gasteiger partial charge in [-0.25, -0.2) is 4.79 Å². The Morgan fingerprint density at radius 1 is 1.25 bits per heavy atom. The lowest BCUT2D eigenvalue weighted by Crippen LogP contribution is -2.43. The molecule has 0 saturated heterocycles. The van der Waals surface area contributed by atoms with Gasteiger partial charge in [-0.15, -0.1) is 0 Å². The van der Waals surface area contributed by atoms with Gasteiger partial charge in [-0.1, -0.05) is 36.4 Å². The first-order chi connectivity index (χ1) is 15.5. The summed E-state index contributed by atoms with van der Waals surface area (Å²) in [6, 6.07) is 17.9. The van der Waals surface area contributed by atoms with E-state index >= 15 is 0 Å². The van der Waals surface area contributed by atoms with Gasteiger partial charge < -0.3 is 20.5 Å². The van der Waals surface area contributed by atoms with Crippen LogP contribution in [0, 0.1) is 11.3 Å². The van der Waals surface area contributed by atoms with Crippen molar-refractivity contribution in [3.63, 3.8) is 0 Å². The van der Waals surface area contributed by atoms with E-state index in [1.54, 1.807) is 55.5 Å². The third-order valence-corrected chi connectivity index (χ3v) is 5.55. The van der Waals surface area contributed by atoms with E-state index in [1.165, 1.54) is 4.68 Å². The van der Waals surface area contributed by atoms with Crippen molar-refractivity contribution in [3.05, 3.63) is 82.9 Å². The Morgan fingerprint density at radius 2 is 1.97 bits per heavy atom. The van der Waals surface area contributed by atoms with E-state index < -0.39 is 17.3 Å². The normalized spacial score (nSPS) is 18.4. The molecule has 1 spiro atoms. The molecule has 2 aliphatic heterocycles. The van der Waals surface area contributed by atoms with Crippen molar-refractivity contribution in [3.8, 4) is 17.6 Å². The molecule has 1 unspecified atom stereocenters. The Balaban J connectivity index is 1.92. The monoisotopic (exact) mass is 427 g/mol. The van der Waals surface area contributed by atoms with Crippen LogP contribution in [0.5, 0.6) is 5.88 Å². The molecule has 0 bridgehead atoms. The molecule has 3 heterocycles. The molecule has 32 heavy (non-hydrogen) atoms. The number of carbonyl (C=O) groups is 2. The summed E-state index contributed by atoms with van der Waals surface area (Å²) in [4.78, 5) is 26.5. The van der Waals surface area contributed by atoms with Gasteiger partial charge in [-0.05, 0) is 25.1 Å². The van der Waals surface area contributed by atoms with Crippen LogP contribution in [0.2, 0.25) is 0 Å². The largest absolute Gasteiger partial charge is 0.461 e. The fourth-order valence-electron chi connectivity index (χ4n) is 4.28. The topological polar surface area (TPSA) is 132 Å². The zero-order valence-corrected chi connectivity index (χ0v) is 17.0. The van der Waals surface area contributed by atoms with Crippen molar-refractivity contribution < 1.29 is 19.1 Å². The summed E-state index contributed by atoms with van der Waals surface area (Å²) in [6.45, 7) is 1.77. The zero-order valence-electron chi connectivity index (χ0n) is 17.0. The van der Waals surface area contributed by atoms with Crippen LogP contribution < -0.4 is 15.8 Å². The Kier molecular flexibility index (Phi) is 4.23. The fourth-order valence-corrected chi connectivity index (χ4v) is 4.28. The van der Waals surface area contributed by atoms with Gasteiger partial charge in [0.15, 0.2) is 5.69 Å². The van der Waals surface area contributed by atoms with Crippen LogP contribution in [-0.4, -0.2) is 28.3 Å². The van der Waals surface area contributed by atoms with E-state index in [4.69, 9.17) is 15.2 Å². The van der Waals surface area contributed by atoms with Gasteiger partial charge in [0.1, 0.15) is 17.1 Å². The minimum absolute atomic E-state index is 0.0719. The van der Waals surface area contributed by atoms with E-state index in [-0.39, 0.29) is 35.2 Å². The molecule has 9 nitrogen and oxygen atoms in total. The van der Waals surface area contributed by atoms with Gasteiger partial charge in [-0.2, -0.15) is 15.0 Å². The summed E-state index contributed by atoms with van der Waals surface area (Å²) < 4.78 is 12.4. The highest BCUT2D eigenvalue weighted by Crippen LogP contribution is 2.54. The number of anilines is 1. The van der Waals surface area contributed by atoms with E-state index in [9.17, 15) is 14.9 Å². The molecule has 0 fully saturated rings. The molecule has 158 valence electrons. The van der Waals surface area contributed by atoms with Gasteiger partial charge in [0.25, 0.3) is 0 Å². The number of benzene rings is 2. The van der Waals surface area contributed by atoms with Crippen molar-refractivity contribution in [2.24, 2.45) is 5.73 Å². The van der Waals surface area contributed by atoms with Gasteiger partial charge in [0.2, 0.25) is 17.7 Å². The highest BCUT2D eigenvalue weighted by molar-refractivity contribution is 6.14. The van der Waals surface area contributed by atoms with Crippen molar-refractivity contribution in [2.45, 2.75) is 12.3 Å². The van der Waals surface area contributed by atoms with E-state index in [2.05, 4.69) is 10.4 Å². The lowest BCUT2D eigenvalue weighted by Gasteiger charge is -2.32. The van der Waals surface area contributed by atoms with E-state index in [1.807, 2.05) is 12.1 Å². The molecule has 0 aliphatic carbocycles. The lowest BCUT2D eigenvalue weighted by molar-refractivity contribution is -0.118. The van der Waals surface area contributed by atoms with Crippen LogP contribution >= 0.6 is 0 Å². The van der Waals surface area contributed by atoms with E-state index in [0.29, 0.717) is 16.9 Å². The number of hydrogen-bond donors (Lipinski definition) is 2. The Bertz CT molecular complexity index is 1350. The summed E-state index contributed by atoms with van der Waals surface area (Å²) in [5.41, 5.74) is 5.89. The van der Waals surface area contributed by atoms with Crippen LogP contribution in [-0.2, 0) is 14.9 Å². The predicted octanol–water partition coefficient (Wildman–Crippen LogP) is 2.37. The molecular formula is C23H17N5O4. The first-order valence-electron chi connectivity index (χ1n) is 9.89. The summed E-state index contributed by atoms with van der Waals surface area (Å²) in [5, 5.41) is 17.3. The zero-order chi connectivity index (χ0) is 22.5. The van der Waals surface area contributed by atoms with Crippen LogP contribution in [0.25, 0.3) is 5.69 Å². The smallest absolute Gasteiger partial charge is 0.359 e. The summed E-state index contributed by atoms with van der Waals surface area (Å²) in [7, 11) is 0. The van der Waals surface area contributed by atoms with Crippen molar-refractivity contribution >= 4 is 17.6 Å². The van der Waals surface area contributed by atoms with Gasteiger partial charge in [-0.3, -0.25) is 4.79 Å². The average Bonchev–Trinajstić information content (AvgIpc) is 3.31. The van der Waals surface area contributed by atoms with Crippen molar-refractivity contribution in [1.29, 1.82) is 5.26 Å². The maximum atomic E-state index is 13.6. The van der Waals surface area contributed by atoms with Gasteiger partial charge >= 0.3 is 5.97 Å². The number of nitrogens with zero attached hydrogens (tertiary/aromatic N) is 3. The molecular weight excluding hydrogens is 410 g/mol. The number of ether oxygens (including phenoxy) is 2. The molecule has 1 aromatic heterocycles. The Labute approximate surface area is 182 Å². The molecule has 5 rings (SSSR count). The summed E-state index contributed by atoms with van der Waals surface area (Å²) in [5.74, 6) is -1.43. The van der Waals surface area contributed by atoms with E-state index in [0.717, 1.165) is 0 Å². The summed E-state index contributed by atoms with van der Waals surface area (Å²) >= 11 is 0. The van der Waals surface area contributed by atoms with Crippen LogP contribution in [0.3, 0.4) is 0 Å². The van der Waals surface area contributed by atoms with Gasteiger partial charge in [0, 0.05) is 11.3 Å². The Morgan fingerprint density at radius 3 is 2.69 bits per heavy atom. The first kappa shape index (κ1) is 19.4. The first-order valence-corrected chi connectivity index (χ1v) is 9.89. The third kappa shape index (κ3) is 2.40. The molecule has 0 saturated carbocycles. The quantitative estimate of drug-likeness (QED) is 0.613. The average molecular weight is 427 g/mol. The minimum atomic E-state index is -1.71. The number of aromatic nitrogens is 2. The predicted molar refractivity (Wildman–Crippen MR) is 113 cm³/mol.